The summed E-state index contributed by atoms with van der Waals surface area (Å²) < 4.78 is 96.0. The Morgan fingerprint density at radius 2 is 1.74 bits per heavy atom. The number of hydrogen-bond donors (Lipinski definition) is 1. The lowest BCUT2D eigenvalue weighted by molar-refractivity contribution is -0.384. The summed E-state index contributed by atoms with van der Waals surface area (Å²) >= 11 is 0.560. The summed E-state index contributed by atoms with van der Waals surface area (Å²) in [6.45, 7) is -0.494. The third-order valence-electron chi connectivity index (χ3n) is 4.84. The summed E-state index contributed by atoms with van der Waals surface area (Å²) in [7, 11) is 0. The Morgan fingerprint density at radius 1 is 1.08 bits per heavy atom. The number of benzene rings is 2. The Balaban J connectivity index is 1.82. The molecule has 8 nitrogen and oxygen atoms in total. The van der Waals surface area contributed by atoms with Crippen LogP contribution in [0.1, 0.15) is 12.6 Å². The second-order valence-corrected chi connectivity index (χ2v) is 9.17. The zero-order valence-electron chi connectivity index (χ0n) is 19.6. The standard InChI is InChI=1S/C23H17F7N4O4S/c1-12(39-21-32-17(13-5-3-2-4-6-13)10-18(33-21)23(28,29)30)19(35)31-14-7-15(34(36)37)9-16(8-14)38-11-22(26,27)20(24)25/h2-10,12,20H,11H2,1H3,(H,31,35)/t12-/m0/s1. The predicted molar refractivity (Wildman–Crippen MR) is 126 cm³/mol. The number of nitrogens with zero attached hydrogens (tertiary/aromatic N) is 3. The average molecular weight is 578 g/mol. The smallest absolute Gasteiger partial charge is 0.433 e. The number of nitro groups is 1. The number of ether oxygens (including phenoxy) is 1. The van der Waals surface area contributed by atoms with Crippen molar-refractivity contribution in [3.63, 3.8) is 0 Å². The van der Waals surface area contributed by atoms with Gasteiger partial charge in [-0.2, -0.15) is 22.0 Å². The predicted octanol–water partition coefficient (Wildman–Crippen LogP) is 6.47. The molecule has 0 unspecified atom stereocenters. The van der Waals surface area contributed by atoms with Crippen LogP contribution in [-0.2, 0) is 11.0 Å². The van der Waals surface area contributed by atoms with E-state index in [1.807, 2.05) is 0 Å². The van der Waals surface area contributed by atoms with Crippen molar-refractivity contribution in [2.24, 2.45) is 0 Å². The van der Waals surface area contributed by atoms with Crippen LogP contribution >= 0.6 is 11.8 Å². The normalized spacial score (nSPS) is 12.7. The number of alkyl halides is 7. The molecule has 39 heavy (non-hydrogen) atoms. The van der Waals surface area contributed by atoms with Crippen molar-refractivity contribution in [3.8, 4) is 17.0 Å². The lowest BCUT2D eigenvalue weighted by Crippen LogP contribution is -2.33. The van der Waals surface area contributed by atoms with Gasteiger partial charge in [0.25, 0.3) is 5.69 Å². The minimum atomic E-state index is -4.81. The molecule has 16 heteroatoms. The molecule has 3 aromatic rings. The van der Waals surface area contributed by atoms with E-state index in [9.17, 15) is 45.6 Å². The van der Waals surface area contributed by atoms with Crippen LogP contribution in [0.5, 0.6) is 5.75 Å². The van der Waals surface area contributed by atoms with Gasteiger partial charge in [0.15, 0.2) is 11.8 Å². The number of amides is 1. The van der Waals surface area contributed by atoms with Crippen molar-refractivity contribution in [2.75, 3.05) is 11.9 Å². The summed E-state index contributed by atoms with van der Waals surface area (Å²) in [6, 6.07) is 11.1. The van der Waals surface area contributed by atoms with Crippen LogP contribution in [0.25, 0.3) is 11.3 Å². The lowest BCUT2D eigenvalue weighted by Gasteiger charge is -2.17. The quantitative estimate of drug-likeness (QED) is 0.0966. The van der Waals surface area contributed by atoms with Gasteiger partial charge in [-0.3, -0.25) is 14.9 Å². The molecule has 1 aromatic heterocycles. The first-order valence-corrected chi connectivity index (χ1v) is 11.6. The van der Waals surface area contributed by atoms with Crippen LogP contribution < -0.4 is 10.1 Å². The summed E-state index contributed by atoms with van der Waals surface area (Å²) in [4.78, 5) is 30.5. The van der Waals surface area contributed by atoms with Gasteiger partial charge < -0.3 is 10.1 Å². The molecule has 0 aliphatic rings. The van der Waals surface area contributed by atoms with Gasteiger partial charge >= 0.3 is 18.5 Å². The van der Waals surface area contributed by atoms with Gasteiger partial charge in [-0.25, -0.2) is 18.7 Å². The number of halogens is 7. The molecule has 0 aliphatic carbocycles. The molecule has 0 saturated heterocycles. The number of non-ortho nitro benzene ring substituents is 1. The highest BCUT2D eigenvalue weighted by atomic mass is 32.2. The average Bonchev–Trinajstić information content (AvgIpc) is 2.87. The Labute approximate surface area is 219 Å². The number of rotatable bonds is 10. The van der Waals surface area contributed by atoms with Gasteiger partial charge in [-0.1, -0.05) is 42.1 Å². The fraction of sp³-hybridized carbons (Fsp3) is 0.261. The molecule has 1 atom stereocenters. The van der Waals surface area contributed by atoms with E-state index < -0.39 is 58.3 Å². The lowest BCUT2D eigenvalue weighted by atomic mass is 10.1. The van der Waals surface area contributed by atoms with Crippen molar-refractivity contribution in [3.05, 3.63) is 70.4 Å². The van der Waals surface area contributed by atoms with Gasteiger partial charge in [0.1, 0.15) is 11.4 Å². The Bertz CT molecular complexity index is 1340. The van der Waals surface area contributed by atoms with E-state index in [-0.39, 0.29) is 16.5 Å². The van der Waals surface area contributed by atoms with Gasteiger partial charge in [0.2, 0.25) is 5.91 Å². The third-order valence-corrected chi connectivity index (χ3v) is 5.80. The van der Waals surface area contributed by atoms with Gasteiger partial charge in [0, 0.05) is 17.7 Å². The zero-order chi connectivity index (χ0) is 29.0. The Kier molecular flexibility index (Phi) is 8.99. The summed E-state index contributed by atoms with van der Waals surface area (Å²) in [5, 5.41) is 11.9. The first-order valence-electron chi connectivity index (χ1n) is 10.7. The molecule has 0 spiro atoms. The van der Waals surface area contributed by atoms with Crippen LogP contribution in [0.3, 0.4) is 0 Å². The van der Waals surface area contributed by atoms with E-state index >= 15 is 0 Å². The molecular weight excluding hydrogens is 561 g/mol. The third kappa shape index (κ3) is 8.02. The topological polar surface area (TPSA) is 107 Å². The fourth-order valence-electron chi connectivity index (χ4n) is 2.92. The number of carbonyl (C=O) groups excluding carboxylic acids is 1. The number of anilines is 1. The van der Waals surface area contributed by atoms with Crippen molar-refractivity contribution in [2.45, 2.75) is 35.9 Å². The van der Waals surface area contributed by atoms with E-state index in [2.05, 4.69) is 20.0 Å². The molecule has 0 bridgehead atoms. The van der Waals surface area contributed by atoms with Crippen molar-refractivity contribution >= 4 is 29.0 Å². The van der Waals surface area contributed by atoms with E-state index in [1.54, 1.807) is 18.2 Å². The molecule has 0 aliphatic heterocycles. The zero-order valence-corrected chi connectivity index (χ0v) is 20.4. The molecule has 0 radical (unpaired) electrons. The highest BCUT2D eigenvalue weighted by molar-refractivity contribution is 8.00. The van der Waals surface area contributed by atoms with E-state index in [0.29, 0.717) is 23.4 Å². The molecule has 0 fully saturated rings. The maximum atomic E-state index is 13.4. The number of nitro benzene ring substituents is 1. The maximum absolute atomic E-state index is 13.4. The van der Waals surface area contributed by atoms with Crippen LogP contribution in [0, 0.1) is 10.1 Å². The van der Waals surface area contributed by atoms with Crippen molar-refractivity contribution in [1.29, 1.82) is 0 Å². The highest BCUT2D eigenvalue weighted by Crippen LogP contribution is 2.34. The molecule has 208 valence electrons. The molecule has 1 amide bonds. The Hall–Kier alpha value is -3.95. The first kappa shape index (κ1) is 29.6. The molecular formula is C23H17F7N4O4S. The van der Waals surface area contributed by atoms with Crippen molar-refractivity contribution in [1.82, 2.24) is 9.97 Å². The minimum Gasteiger partial charge on any atom is -0.487 e. The number of aromatic nitrogens is 2. The van der Waals surface area contributed by atoms with Gasteiger partial charge in [0.05, 0.1) is 27.6 Å². The summed E-state index contributed by atoms with van der Waals surface area (Å²) in [5.74, 6) is -6.01. The number of thioether (sulfide) groups is 1. The van der Waals surface area contributed by atoms with Crippen LogP contribution in [0.2, 0.25) is 0 Å². The van der Waals surface area contributed by atoms with Gasteiger partial charge in [-0.05, 0) is 13.0 Å². The first-order chi connectivity index (χ1) is 18.2. The number of carbonyl (C=O) groups is 1. The largest absolute Gasteiger partial charge is 0.487 e. The molecule has 2 aromatic carbocycles. The summed E-state index contributed by atoms with van der Waals surface area (Å²) in [5.41, 5.74) is -1.95. The Morgan fingerprint density at radius 3 is 2.33 bits per heavy atom. The van der Waals surface area contributed by atoms with Crippen LogP contribution in [0.4, 0.5) is 42.1 Å². The van der Waals surface area contributed by atoms with Crippen molar-refractivity contribution < 1.29 is 45.2 Å². The van der Waals surface area contributed by atoms with Crippen LogP contribution in [-0.4, -0.2) is 45.0 Å². The highest BCUT2D eigenvalue weighted by Gasteiger charge is 2.42. The second kappa shape index (κ2) is 11.8. The maximum Gasteiger partial charge on any atom is 0.433 e. The fourth-order valence-corrected chi connectivity index (χ4v) is 3.71. The summed E-state index contributed by atoms with van der Waals surface area (Å²) in [6.07, 6.45) is -8.86. The molecule has 1 N–H and O–H groups in total. The number of hydrogen-bond acceptors (Lipinski definition) is 7. The molecule has 0 saturated carbocycles. The molecule has 1 heterocycles. The van der Waals surface area contributed by atoms with Gasteiger partial charge in [-0.15, -0.1) is 0 Å². The van der Waals surface area contributed by atoms with Crippen LogP contribution in [0.15, 0.2) is 59.8 Å². The monoisotopic (exact) mass is 578 g/mol. The minimum absolute atomic E-state index is 0.0471. The number of nitrogens with one attached hydrogen (secondary N) is 1. The van der Waals surface area contributed by atoms with E-state index in [4.69, 9.17) is 0 Å². The van der Waals surface area contributed by atoms with E-state index in [1.165, 1.54) is 19.1 Å². The molecule has 3 rings (SSSR count). The SMILES string of the molecule is C[C@H](Sc1nc(-c2ccccc2)cc(C(F)(F)F)n1)C(=O)Nc1cc(OCC(F)(F)C(F)F)cc([N+](=O)[O-])c1. The second-order valence-electron chi connectivity index (χ2n) is 7.86. The van der Waals surface area contributed by atoms with E-state index in [0.717, 1.165) is 18.2 Å².